The molecule has 29 heavy (non-hydrogen) atoms. The molecular formula is C21H27ClN4O3. The fourth-order valence-electron chi connectivity index (χ4n) is 5.22. The summed E-state index contributed by atoms with van der Waals surface area (Å²) in [5.41, 5.74) is 2.71. The molecular weight excluding hydrogens is 392 g/mol. The lowest BCUT2D eigenvalue weighted by Crippen LogP contribution is -2.52. The van der Waals surface area contributed by atoms with Crippen molar-refractivity contribution >= 4 is 34.4 Å². The van der Waals surface area contributed by atoms with Crippen LogP contribution in [0.15, 0.2) is 10.5 Å². The maximum atomic E-state index is 12.4. The van der Waals surface area contributed by atoms with Gasteiger partial charge in [-0.2, -0.15) is 0 Å². The lowest BCUT2D eigenvalue weighted by atomic mass is 9.74. The van der Waals surface area contributed by atoms with Gasteiger partial charge in [-0.05, 0) is 38.3 Å². The first-order valence-electron chi connectivity index (χ1n) is 10.5. The molecule has 2 amide bonds. The summed E-state index contributed by atoms with van der Waals surface area (Å²) in [6.07, 6.45) is 7.57. The summed E-state index contributed by atoms with van der Waals surface area (Å²) in [5.74, 6) is 0.684. The van der Waals surface area contributed by atoms with Gasteiger partial charge in [0.1, 0.15) is 5.52 Å². The molecule has 1 saturated heterocycles. The maximum Gasteiger partial charge on any atom is 0.319 e. The van der Waals surface area contributed by atoms with Gasteiger partial charge in [-0.3, -0.25) is 4.90 Å². The lowest BCUT2D eigenvalue weighted by molar-refractivity contribution is 0.0259. The minimum atomic E-state index is -0.428. The minimum absolute atomic E-state index is 0.195. The average Bonchev–Trinajstić information content (AvgIpc) is 3.10. The second kappa shape index (κ2) is 7.45. The van der Waals surface area contributed by atoms with Gasteiger partial charge in [0, 0.05) is 19.2 Å². The molecule has 1 saturated carbocycles. The summed E-state index contributed by atoms with van der Waals surface area (Å²) in [6.45, 7) is 2.54. The number of hydrogen-bond acceptors (Lipinski definition) is 5. The van der Waals surface area contributed by atoms with E-state index in [0.717, 1.165) is 68.3 Å². The first kappa shape index (κ1) is 19.2. The van der Waals surface area contributed by atoms with Crippen molar-refractivity contribution in [3.63, 3.8) is 0 Å². The van der Waals surface area contributed by atoms with Gasteiger partial charge in [0.25, 0.3) is 0 Å². The number of hydrogen-bond donors (Lipinski definition) is 2. The normalized spacial score (nSPS) is 24.3. The number of piperidine rings is 1. The van der Waals surface area contributed by atoms with E-state index in [2.05, 4.69) is 15.5 Å². The van der Waals surface area contributed by atoms with E-state index in [-0.39, 0.29) is 12.1 Å². The Bertz CT molecular complexity index is 938. The van der Waals surface area contributed by atoms with E-state index in [1.807, 2.05) is 0 Å². The van der Waals surface area contributed by atoms with E-state index >= 15 is 0 Å². The number of ether oxygens (including phenoxy) is 1. The SMILES string of the molecule is CO[C@H]1CCCN(Cc2nc3cc(Cl)c4c(c3o2)C2(CCCCC2)NC(=O)N4)C1. The third-order valence-electron chi connectivity index (χ3n) is 6.61. The Morgan fingerprint density at radius 3 is 2.97 bits per heavy atom. The number of amides is 2. The highest BCUT2D eigenvalue weighted by Gasteiger charge is 2.44. The first-order chi connectivity index (χ1) is 14.1. The van der Waals surface area contributed by atoms with Gasteiger partial charge in [-0.1, -0.05) is 30.9 Å². The number of aromatic nitrogens is 1. The zero-order valence-corrected chi connectivity index (χ0v) is 17.5. The Morgan fingerprint density at radius 2 is 2.17 bits per heavy atom. The molecule has 1 aliphatic carbocycles. The van der Waals surface area contributed by atoms with Gasteiger partial charge in [-0.15, -0.1) is 0 Å². The number of likely N-dealkylation sites (tertiary alicyclic amines) is 1. The summed E-state index contributed by atoms with van der Waals surface area (Å²) >= 11 is 6.58. The van der Waals surface area contributed by atoms with Crippen LogP contribution in [0.1, 0.15) is 56.4 Å². The van der Waals surface area contributed by atoms with Crippen molar-refractivity contribution in [1.29, 1.82) is 0 Å². The van der Waals surface area contributed by atoms with E-state index in [4.69, 9.17) is 25.7 Å². The number of benzene rings is 1. The van der Waals surface area contributed by atoms with Crippen LogP contribution in [0, 0.1) is 0 Å². The Kier molecular flexibility index (Phi) is 4.92. The summed E-state index contributed by atoms with van der Waals surface area (Å²) in [5, 5.41) is 6.61. The topological polar surface area (TPSA) is 79.6 Å². The van der Waals surface area contributed by atoms with Crippen molar-refractivity contribution in [1.82, 2.24) is 15.2 Å². The van der Waals surface area contributed by atoms with Gasteiger partial charge in [0.15, 0.2) is 5.58 Å². The summed E-state index contributed by atoms with van der Waals surface area (Å²) in [7, 11) is 1.77. The van der Waals surface area contributed by atoms with E-state index in [1.165, 1.54) is 6.42 Å². The predicted molar refractivity (Wildman–Crippen MR) is 111 cm³/mol. The Hall–Kier alpha value is -1.83. The van der Waals surface area contributed by atoms with E-state index in [9.17, 15) is 4.79 Å². The second-order valence-electron chi connectivity index (χ2n) is 8.52. The smallest absolute Gasteiger partial charge is 0.319 e. The van der Waals surface area contributed by atoms with Crippen LogP contribution in [0.4, 0.5) is 10.5 Å². The zero-order valence-electron chi connectivity index (χ0n) is 16.7. The van der Waals surface area contributed by atoms with Gasteiger partial charge in [0.2, 0.25) is 5.89 Å². The quantitative estimate of drug-likeness (QED) is 0.772. The van der Waals surface area contributed by atoms with Gasteiger partial charge in [0.05, 0.1) is 28.9 Å². The first-order valence-corrected chi connectivity index (χ1v) is 10.9. The van der Waals surface area contributed by atoms with Crippen LogP contribution in [0.3, 0.4) is 0 Å². The van der Waals surface area contributed by atoms with E-state index < -0.39 is 5.54 Å². The molecule has 5 rings (SSSR count). The molecule has 156 valence electrons. The van der Waals surface area contributed by atoms with Crippen molar-refractivity contribution in [2.75, 3.05) is 25.5 Å². The molecule has 2 aliphatic heterocycles. The molecule has 3 aliphatic rings. The fourth-order valence-corrected chi connectivity index (χ4v) is 5.47. The second-order valence-corrected chi connectivity index (χ2v) is 8.93. The number of nitrogens with one attached hydrogen (secondary N) is 2. The number of urea groups is 1. The monoisotopic (exact) mass is 418 g/mol. The molecule has 1 aromatic carbocycles. The standard InChI is InChI=1S/C21H27ClN4O3/c1-28-13-6-5-9-26(11-13)12-16-23-15-10-14(22)18-17(19(15)29-16)21(25-20(27)24-18)7-3-2-4-8-21/h10,13H,2-9,11-12H2,1H3,(H2,24,25,27)/t13-/m0/s1. The molecule has 2 fully saturated rings. The highest BCUT2D eigenvalue weighted by atomic mass is 35.5. The molecule has 2 N–H and O–H groups in total. The van der Waals surface area contributed by atoms with Gasteiger partial charge in [-0.25, -0.2) is 9.78 Å². The van der Waals surface area contributed by atoms with Crippen LogP contribution in [0.2, 0.25) is 5.02 Å². The predicted octanol–water partition coefficient (Wildman–Crippen LogP) is 4.39. The molecule has 1 atom stereocenters. The van der Waals surface area contributed by atoms with Crippen LogP contribution in [0.25, 0.3) is 11.1 Å². The van der Waals surface area contributed by atoms with Crippen LogP contribution < -0.4 is 10.6 Å². The average molecular weight is 419 g/mol. The Balaban J connectivity index is 1.55. The molecule has 2 aromatic rings. The maximum absolute atomic E-state index is 12.4. The highest BCUT2D eigenvalue weighted by Crippen LogP contribution is 2.48. The number of rotatable bonds is 3. The number of methoxy groups -OCH3 is 1. The molecule has 1 spiro atoms. The van der Waals surface area contributed by atoms with Crippen LogP contribution in [-0.2, 0) is 16.8 Å². The number of fused-ring (bicyclic) bond motifs is 4. The summed E-state index contributed by atoms with van der Waals surface area (Å²) in [4.78, 5) is 19.4. The number of oxazole rings is 1. The number of anilines is 1. The number of carbonyl (C=O) groups is 1. The van der Waals surface area contributed by atoms with Gasteiger partial charge < -0.3 is 19.8 Å². The van der Waals surface area contributed by atoms with Crippen molar-refractivity contribution < 1.29 is 13.9 Å². The van der Waals surface area contributed by atoms with Crippen LogP contribution in [-0.4, -0.2) is 42.2 Å². The minimum Gasteiger partial charge on any atom is -0.439 e. The Labute approximate surface area is 175 Å². The molecule has 0 bridgehead atoms. The van der Waals surface area contributed by atoms with Crippen molar-refractivity contribution in [3.8, 4) is 0 Å². The van der Waals surface area contributed by atoms with Crippen LogP contribution >= 0.6 is 11.6 Å². The molecule has 3 heterocycles. The van der Waals surface area contributed by atoms with E-state index in [0.29, 0.717) is 23.1 Å². The van der Waals surface area contributed by atoms with Crippen molar-refractivity contribution in [2.24, 2.45) is 0 Å². The number of halogens is 1. The summed E-state index contributed by atoms with van der Waals surface area (Å²) in [6, 6.07) is 1.61. The van der Waals surface area contributed by atoms with Crippen molar-refractivity contribution in [2.45, 2.75) is 63.1 Å². The highest BCUT2D eigenvalue weighted by molar-refractivity contribution is 6.35. The molecule has 0 radical (unpaired) electrons. The third-order valence-corrected chi connectivity index (χ3v) is 6.91. The molecule has 8 heteroatoms. The molecule has 0 unspecified atom stereocenters. The number of carbonyl (C=O) groups excluding carboxylic acids is 1. The third kappa shape index (κ3) is 3.39. The summed E-state index contributed by atoms with van der Waals surface area (Å²) < 4.78 is 11.8. The molecule has 7 nitrogen and oxygen atoms in total. The molecule has 1 aromatic heterocycles. The van der Waals surface area contributed by atoms with Crippen LogP contribution in [0.5, 0.6) is 0 Å². The Morgan fingerprint density at radius 1 is 1.34 bits per heavy atom. The largest absolute Gasteiger partial charge is 0.439 e. The van der Waals surface area contributed by atoms with E-state index in [1.54, 1.807) is 13.2 Å². The lowest BCUT2D eigenvalue weighted by Gasteiger charge is -2.42. The van der Waals surface area contributed by atoms with Gasteiger partial charge >= 0.3 is 6.03 Å². The van der Waals surface area contributed by atoms with Crippen molar-refractivity contribution in [3.05, 3.63) is 22.5 Å². The number of nitrogens with zero attached hydrogens (tertiary/aromatic N) is 2. The zero-order chi connectivity index (χ0) is 20.0. The fraction of sp³-hybridized carbons (Fsp3) is 0.619.